The number of methoxy groups -OCH3 is 1. The summed E-state index contributed by atoms with van der Waals surface area (Å²) in [6.45, 7) is 3.94. The predicted molar refractivity (Wildman–Crippen MR) is 189 cm³/mol. The molecule has 0 radical (unpaired) electrons. The Kier molecular flexibility index (Phi) is 7.90. The first-order valence-electron chi connectivity index (χ1n) is 17.7. The Bertz CT molecular complexity index is 1920. The Balaban J connectivity index is 1.32. The Morgan fingerprint density at radius 1 is 0.939 bits per heavy atom. The van der Waals surface area contributed by atoms with Crippen molar-refractivity contribution >= 4 is 32.9 Å². The van der Waals surface area contributed by atoms with Crippen LogP contribution in [0.15, 0.2) is 36.4 Å². The number of rotatable bonds is 6. The highest BCUT2D eigenvalue weighted by Crippen LogP contribution is 2.66. The number of hydrogen-bond acceptors (Lipinski definition) is 7. The third-order valence-corrected chi connectivity index (χ3v) is 13.4. The highest BCUT2D eigenvalue weighted by molar-refractivity contribution is 7.87. The summed E-state index contributed by atoms with van der Waals surface area (Å²) in [5, 5.41) is 1.08. The molecule has 2 aromatic carbocycles. The van der Waals surface area contributed by atoms with Crippen LogP contribution in [0.25, 0.3) is 22.2 Å². The first kappa shape index (κ1) is 32.7. The number of carbonyl (C=O) groups excluding carboxylic acids is 2. The van der Waals surface area contributed by atoms with Crippen LogP contribution in [0.2, 0.25) is 0 Å². The van der Waals surface area contributed by atoms with E-state index in [9.17, 15) is 13.2 Å². The normalized spacial score (nSPS) is 27.3. The molecule has 8 rings (SSSR count). The Morgan fingerprint density at radius 2 is 1.61 bits per heavy atom. The standard InChI is InChI=1S/C37H48N6O5S/c1-39(2)49(46,47)38-35(44)24-11-13-29-32(15-24)42-22-37(36(45)43-25-18-40(3)19-26(43)21-41(4)20-25)17-31(37)30-16-27(48-5)12-14-28(30)34(42)33(29)23-9-7-6-8-10-23/h11-16,23,25-26,31H,6-10,17-22H2,1-5H3,(H,38,44). The number of nitrogens with zero attached hydrogens (tertiary/aromatic N) is 5. The summed E-state index contributed by atoms with van der Waals surface area (Å²) in [6.07, 6.45) is 6.50. The van der Waals surface area contributed by atoms with Crippen LogP contribution < -0.4 is 9.46 Å². The fourth-order valence-electron chi connectivity index (χ4n) is 9.63. The van der Waals surface area contributed by atoms with E-state index in [1.165, 1.54) is 38.9 Å². The molecule has 3 aromatic rings. The molecule has 11 nitrogen and oxygen atoms in total. The largest absolute Gasteiger partial charge is 0.497 e. The molecule has 3 aliphatic heterocycles. The Labute approximate surface area is 289 Å². The summed E-state index contributed by atoms with van der Waals surface area (Å²) >= 11 is 0. The van der Waals surface area contributed by atoms with Gasteiger partial charge in [-0.25, -0.2) is 4.72 Å². The van der Waals surface area contributed by atoms with Crippen LogP contribution in [0, 0.1) is 5.41 Å². The number of fused-ring (bicyclic) bond motifs is 9. The van der Waals surface area contributed by atoms with Crippen molar-refractivity contribution < 1.29 is 22.7 Å². The molecule has 2 bridgehead atoms. The first-order valence-corrected chi connectivity index (χ1v) is 19.1. The van der Waals surface area contributed by atoms with Gasteiger partial charge in [0.15, 0.2) is 0 Å². The Morgan fingerprint density at radius 3 is 2.24 bits per heavy atom. The molecular formula is C37H48N6O5S. The lowest BCUT2D eigenvalue weighted by molar-refractivity contribution is -0.151. The van der Waals surface area contributed by atoms with Gasteiger partial charge in [-0.05, 0) is 80.7 Å². The highest BCUT2D eigenvalue weighted by atomic mass is 32.2. The molecule has 2 aliphatic carbocycles. The molecule has 2 unspecified atom stereocenters. The van der Waals surface area contributed by atoms with E-state index in [0.717, 1.165) is 83.2 Å². The second kappa shape index (κ2) is 11.8. The van der Waals surface area contributed by atoms with Crippen molar-refractivity contribution in [2.24, 2.45) is 5.41 Å². The summed E-state index contributed by atoms with van der Waals surface area (Å²) in [5.74, 6) is 0.754. The monoisotopic (exact) mass is 688 g/mol. The summed E-state index contributed by atoms with van der Waals surface area (Å²) < 4.78 is 36.5. The smallest absolute Gasteiger partial charge is 0.303 e. The molecule has 1 aromatic heterocycles. The maximum absolute atomic E-state index is 15.2. The minimum Gasteiger partial charge on any atom is -0.497 e. The number of amides is 2. The van der Waals surface area contributed by atoms with Gasteiger partial charge in [0.2, 0.25) is 5.91 Å². The number of ether oxygens (including phenoxy) is 1. The lowest BCUT2D eigenvalue weighted by Crippen LogP contribution is -2.69. The molecule has 4 heterocycles. The zero-order valence-electron chi connectivity index (χ0n) is 29.2. The van der Waals surface area contributed by atoms with Crippen LogP contribution in [0.5, 0.6) is 5.75 Å². The molecule has 2 saturated carbocycles. The van der Waals surface area contributed by atoms with Crippen molar-refractivity contribution in [3.8, 4) is 17.0 Å². The van der Waals surface area contributed by atoms with E-state index < -0.39 is 21.5 Å². The van der Waals surface area contributed by atoms with E-state index in [4.69, 9.17) is 4.74 Å². The third-order valence-electron chi connectivity index (χ3n) is 12.0. The van der Waals surface area contributed by atoms with Gasteiger partial charge in [-0.3, -0.25) is 9.59 Å². The average Bonchev–Trinajstić information content (AvgIpc) is 3.73. The maximum Gasteiger partial charge on any atom is 0.303 e. The number of likely N-dealkylation sites (N-methyl/N-ethyl adjacent to an activating group) is 2. The molecule has 5 aliphatic rings. The third kappa shape index (κ3) is 5.28. The number of carbonyl (C=O) groups is 2. The number of piperazine rings is 2. The highest BCUT2D eigenvalue weighted by Gasteiger charge is 2.65. The van der Waals surface area contributed by atoms with Crippen molar-refractivity contribution in [2.45, 2.75) is 69.0 Å². The SMILES string of the molecule is COc1ccc2c(c1)C1CC1(C(=O)N1C3CN(C)CC1CN(C)C3)Cn1c-2c(C2CCCCC2)c2ccc(C(=O)NS(=O)(=O)N(C)C)cc21. The molecule has 4 fully saturated rings. The van der Waals surface area contributed by atoms with Gasteiger partial charge >= 0.3 is 10.2 Å². The molecule has 49 heavy (non-hydrogen) atoms. The van der Waals surface area contributed by atoms with Gasteiger partial charge in [0, 0.05) is 74.8 Å². The lowest BCUT2D eigenvalue weighted by Gasteiger charge is -2.53. The molecule has 2 amide bonds. The second-order valence-corrected chi connectivity index (χ2v) is 17.3. The van der Waals surface area contributed by atoms with E-state index in [-0.39, 0.29) is 29.5 Å². The lowest BCUT2D eigenvalue weighted by atomic mass is 9.81. The number of benzene rings is 2. The van der Waals surface area contributed by atoms with E-state index in [1.54, 1.807) is 13.2 Å². The van der Waals surface area contributed by atoms with Crippen LogP contribution in [0.1, 0.15) is 71.8 Å². The van der Waals surface area contributed by atoms with Crippen LogP contribution in [-0.4, -0.2) is 117 Å². The Hall–Kier alpha value is -3.45. The first-order chi connectivity index (χ1) is 23.4. The van der Waals surface area contributed by atoms with Crippen molar-refractivity contribution in [1.82, 2.24) is 28.3 Å². The zero-order chi connectivity index (χ0) is 34.4. The van der Waals surface area contributed by atoms with Gasteiger partial charge < -0.3 is 24.0 Å². The van der Waals surface area contributed by atoms with Gasteiger partial charge in [0.05, 0.1) is 30.3 Å². The second-order valence-electron chi connectivity index (χ2n) is 15.5. The van der Waals surface area contributed by atoms with Crippen molar-refractivity contribution in [1.29, 1.82) is 0 Å². The topological polar surface area (TPSA) is 107 Å². The van der Waals surface area contributed by atoms with Crippen molar-refractivity contribution in [3.05, 3.63) is 53.1 Å². The molecule has 0 spiro atoms. The summed E-state index contributed by atoms with van der Waals surface area (Å²) in [6, 6.07) is 12.2. The quantitative estimate of drug-likeness (QED) is 0.420. The molecule has 262 valence electrons. The number of hydrogen-bond donors (Lipinski definition) is 1. The van der Waals surface area contributed by atoms with Crippen LogP contribution in [-0.2, 0) is 21.5 Å². The molecular weight excluding hydrogens is 641 g/mol. The van der Waals surface area contributed by atoms with E-state index >= 15 is 4.79 Å². The van der Waals surface area contributed by atoms with Gasteiger partial charge in [0.25, 0.3) is 5.91 Å². The zero-order valence-corrected chi connectivity index (χ0v) is 30.1. The molecule has 2 atom stereocenters. The maximum atomic E-state index is 15.2. The summed E-state index contributed by atoms with van der Waals surface area (Å²) in [4.78, 5) is 35.6. The molecule has 12 heteroatoms. The van der Waals surface area contributed by atoms with Crippen LogP contribution in [0.4, 0.5) is 0 Å². The van der Waals surface area contributed by atoms with Crippen molar-refractivity contribution in [3.63, 3.8) is 0 Å². The van der Waals surface area contributed by atoms with Crippen molar-refractivity contribution in [2.75, 3.05) is 61.5 Å². The summed E-state index contributed by atoms with van der Waals surface area (Å²) in [7, 11) is 4.81. The predicted octanol–water partition coefficient (Wildman–Crippen LogP) is 3.84. The van der Waals surface area contributed by atoms with E-state index in [0.29, 0.717) is 12.5 Å². The number of aromatic nitrogens is 1. The fraction of sp³-hybridized carbons (Fsp3) is 0.568. The van der Waals surface area contributed by atoms with Gasteiger partial charge in [-0.1, -0.05) is 25.3 Å². The van der Waals surface area contributed by atoms with Gasteiger partial charge in [0.1, 0.15) is 5.75 Å². The minimum absolute atomic E-state index is 0.0501. The fourth-order valence-corrected chi connectivity index (χ4v) is 10.2. The van der Waals surface area contributed by atoms with Crippen LogP contribution in [0.3, 0.4) is 0 Å². The van der Waals surface area contributed by atoms with E-state index in [1.807, 2.05) is 18.2 Å². The van der Waals surface area contributed by atoms with Crippen LogP contribution >= 0.6 is 0 Å². The number of nitrogens with one attached hydrogen (secondary N) is 1. The summed E-state index contributed by atoms with van der Waals surface area (Å²) in [5.41, 5.74) is 5.25. The molecule has 1 N–H and O–H groups in total. The van der Waals surface area contributed by atoms with E-state index in [2.05, 4.69) is 50.2 Å². The minimum atomic E-state index is -3.97. The average molecular weight is 689 g/mol. The molecule has 2 saturated heterocycles. The van der Waals surface area contributed by atoms with Gasteiger partial charge in [-0.15, -0.1) is 0 Å². The van der Waals surface area contributed by atoms with Gasteiger partial charge in [-0.2, -0.15) is 12.7 Å².